The normalized spacial score (nSPS) is 21.3. The first-order valence-electron chi connectivity index (χ1n) is 7.16. The second kappa shape index (κ2) is 7.50. The van der Waals surface area contributed by atoms with Crippen LogP contribution in [0.15, 0.2) is 0 Å². The minimum absolute atomic E-state index is 0.424. The zero-order valence-corrected chi connectivity index (χ0v) is 12.5. The van der Waals surface area contributed by atoms with Gasteiger partial charge in [0, 0.05) is 0 Å². The summed E-state index contributed by atoms with van der Waals surface area (Å²) in [6.45, 7) is -1.51. The molecular formula is C13H19F8NO. The van der Waals surface area contributed by atoms with Gasteiger partial charge in [-0.25, -0.2) is 22.0 Å². The summed E-state index contributed by atoms with van der Waals surface area (Å²) < 4.78 is 106. The van der Waals surface area contributed by atoms with Crippen molar-refractivity contribution >= 4 is 0 Å². The van der Waals surface area contributed by atoms with Crippen LogP contribution in [0.5, 0.6) is 0 Å². The number of hydrogen-bond acceptors (Lipinski definition) is 2. The molecular weight excluding hydrogens is 338 g/mol. The maximum absolute atomic E-state index is 13.9. The zero-order valence-electron chi connectivity index (χ0n) is 12.5. The lowest BCUT2D eigenvalue weighted by Gasteiger charge is -2.36. The average molecular weight is 357 g/mol. The lowest BCUT2D eigenvalue weighted by molar-refractivity contribution is -0.259. The van der Waals surface area contributed by atoms with Crippen LogP contribution in [0.1, 0.15) is 26.2 Å². The number of hydrogen-bond donors (Lipinski definition) is 0. The Morgan fingerprint density at radius 3 is 1.83 bits per heavy atom. The first-order valence-corrected chi connectivity index (χ1v) is 7.16. The van der Waals surface area contributed by atoms with Crippen molar-refractivity contribution in [2.24, 2.45) is 0 Å². The van der Waals surface area contributed by atoms with Gasteiger partial charge in [-0.05, 0) is 32.9 Å². The van der Waals surface area contributed by atoms with Gasteiger partial charge < -0.3 is 4.74 Å². The van der Waals surface area contributed by atoms with Crippen LogP contribution >= 0.6 is 0 Å². The summed E-state index contributed by atoms with van der Waals surface area (Å²) in [6, 6.07) is -1.31. The molecule has 0 saturated carbocycles. The third kappa shape index (κ3) is 5.74. The molecule has 1 rings (SSSR count). The molecule has 2 atom stereocenters. The molecule has 0 aromatic rings. The number of alkyl halides is 8. The minimum Gasteiger partial charge on any atom is -0.369 e. The molecule has 1 heterocycles. The Morgan fingerprint density at radius 2 is 1.35 bits per heavy atom. The van der Waals surface area contributed by atoms with E-state index in [0.717, 1.165) is 19.3 Å². The van der Waals surface area contributed by atoms with E-state index in [1.807, 2.05) is 0 Å². The van der Waals surface area contributed by atoms with Gasteiger partial charge in [0.15, 0.2) is 0 Å². The highest BCUT2D eigenvalue weighted by Gasteiger charge is 2.57. The van der Waals surface area contributed by atoms with Gasteiger partial charge in [-0.1, -0.05) is 6.42 Å². The molecule has 0 aromatic carbocycles. The Hall–Kier alpha value is -0.640. The average Bonchev–Trinajstić information content (AvgIpc) is 2.45. The molecule has 2 nitrogen and oxygen atoms in total. The molecule has 1 fully saturated rings. The maximum atomic E-state index is 13.9. The first-order chi connectivity index (χ1) is 10.4. The lowest BCUT2D eigenvalue weighted by atomic mass is 10.1. The quantitative estimate of drug-likeness (QED) is 0.638. The Bertz CT molecular complexity index is 367. The van der Waals surface area contributed by atoms with E-state index in [4.69, 9.17) is 0 Å². The van der Waals surface area contributed by atoms with Gasteiger partial charge >= 0.3 is 12.1 Å². The predicted molar refractivity (Wildman–Crippen MR) is 66.6 cm³/mol. The van der Waals surface area contributed by atoms with E-state index in [9.17, 15) is 35.1 Å². The van der Waals surface area contributed by atoms with Gasteiger partial charge in [0.05, 0.1) is 6.04 Å². The van der Waals surface area contributed by atoms with Crippen molar-refractivity contribution in [2.75, 3.05) is 26.3 Å². The van der Waals surface area contributed by atoms with Crippen LogP contribution in [0.2, 0.25) is 0 Å². The van der Waals surface area contributed by atoms with Crippen molar-refractivity contribution in [3.8, 4) is 0 Å². The van der Waals surface area contributed by atoms with Crippen LogP contribution < -0.4 is 0 Å². The standard InChI is InChI=1S/C13H19F8NO/c1-9(22-5-3-2-4-6-22)11(15,16)7-23-8-12(17,18)10(14)13(19,20)21/h9-10H,2-8H2,1H3. The number of halogens is 8. The van der Waals surface area contributed by atoms with E-state index in [1.54, 1.807) is 0 Å². The van der Waals surface area contributed by atoms with Crippen molar-refractivity contribution in [3.63, 3.8) is 0 Å². The molecule has 0 N–H and O–H groups in total. The fourth-order valence-corrected chi connectivity index (χ4v) is 2.33. The second-order valence-corrected chi connectivity index (χ2v) is 5.69. The van der Waals surface area contributed by atoms with Crippen molar-refractivity contribution < 1.29 is 39.9 Å². The summed E-state index contributed by atoms with van der Waals surface area (Å²) in [4.78, 5) is 1.47. The molecule has 1 saturated heterocycles. The number of likely N-dealkylation sites (tertiary alicyclic amines) is 1. The van der Waals surface area contributed by atoms with E-state index in [1.165, 1.54) is 11.8 Å². The lowest BCUT2D eigenvalue weighted by Crippen LogP contribution is -2.51. The molecule has 1 aliphatic rings. The molecule has 0 bridgehead atoms. The van der Waals surface area contributed by atoms with Crippen LogP contribution in [0.3, 0.4) is 0 Å². The second-order valence-electron chi connectivity index (χ2n) is 5.69. The maximum Gasteiger partial charge on any atom is 0.425 e. The topological polar surface area (TPSA) is 12.5 Å². The molecule has 0 radical (unpaired) electrons. The molecule has 2 unspecified atom stereocenters. The number of ether oxygens (including phenoxy) is 1. The molecule has 0 amide bonds. The highest BCUT2D eigenvalue weighted by molar-refractivity contribution is 4.86. The zero-order chi connectivity index (χ0) is 17.9. The molecule has 1 aliphatic heterocycles. The Labute approximate surface area is 128 Å². The fraction of sp³-hybridized carbons (Fsp3) is 1.00. The Kier molecular flexibility index (Phi) is 6.65. The van der Waals surface area contributed by atoms with Gasteiger partial charge in [0.1, 0.15) is 13.2 Å². The monoisotopic (exact) mass is 357 g/mol. The largest absolute Gasteiger partial charge is 0.425 e. The van der Waals surface area contributed by atoms with E-state index in [-0.39, 0.29) is 0 Å². The van der Waals surface area contributed by atoms with Crippen LogP contribution in [0, 0.1) is 0 Å². The van der Waals surface area contributed by atoms with Crippen LogP contribution in [-0.2, 0) is 4.74 Å². The summed E-state index contributed by atoms with van der Waals surface area (Å²) in [7, 11) is 0. The first kappa shape index (κ1) is 20.4. The van der Waals surface area contributed by atoms with E-state index in [0.29, 0.717) is 13.1 Å². The van der Waals surface area contributed by atoms with Crippen molar-refractivity contribution in [1.82, 2.24) is 4.90 Å². The molecule has 0 aliphatic carbocycles. The van der Waals surface area contributed by atoms with Crippen LogP contribution in [0.25, 0.3) is 0 Å². The summed E-state index contributed by atoms with van der Waals surface area (Å²) in [5.74, 6) is -8.44. The molecule has 10 heteroatoms. The smallest absolute Gasteiger partial charge is 0.369 e. The molecule has 0 spiro atoms. The molecule has 0 aromatic heterocycles. The summed E-state index contributed by atoms with van der Waals surface area (Å²) in [6.07, 6.45) is -7.87. The Morgan fingerprint density at radius 1 is 0.870 bits per heavy atom. The van der Waals surface area contributed by atoms with E-state index < -0.39 is 43.4 Å². The van der Waals surface area contributed by atoms with Crippen molar-refractivity contribution in [3.05, 3.63) is 0 Å². The van der Waals surface area contributed by atoms with Gasteiger partial charge in [-0.2, -0.15) is 13.2 Å². The fourth-order valence-electron chi connectivity index (χ4n) is 2.33. The predicted octanol–water partition coefficient (Wildman–Crippen LogP) is 4.05. The molecule has 138 valence electrons. The minimum atomic E-state index is -5.78. The SMILES string of the molecule is CC(N1CCCCC1)C(F)(F)COCC(F)(F)C(F)C(F)(F)F. The van der Waals surface area contributed by atoms with Gasteiger partial charge in [0.2, 0.25) is 0 Å². The number of rotatable bonds is 7. The third-order valence-electron chi connectivity index (χ3n) is 3.80. The summed E-state index contributed by atoms with van der Waals surface area (Å²) in [5.41, 5.74) is 0. The van der Waals surface area contributed by atoms with Gasteiger partial charge in [-0.3, -0.25) is 4.90 Å². The van der Waals surface area contributed by atoms with Crippen molar-refractivity contribution in [1.29, 1.82) is 0 Å². The van der Waals surface area contributed by atoms with Crippen LogP contribution in [-0.4, -0.2) is 61.4 Å². The third-order valence-corrected chi connectivity index (χ3v) is 3.80. The Balaban J connectivity index is 2.52. The summed E-state index contributed by atoms with van der Waals surface area (Å²) in [5, 5.41) is 0. The van der Waals surface area contributed by atoms with Crippen LogP contribution in [0.4, 0.5) is 35.1 Å². The van der Waals surface area contributed by atoms with Crippen molar-refractivity contribution in [2.45, 2.75) is 56.4 Å². The van der Waals surface area contributed by atoms with E-state index in [2.05, 4.69) is 4.74 Å². The number of nitrogens with zero attached hydrogens (tertiary/aromatic N) is 1. The van der Waals surface area contributed by atoms with E-state index >= 15 is 0 Å². The van der Waals surface area contributed by atoms with Gasteiger partial charge in [-0.15, -0.1) is 0 Å². The summed E-state index contributed by atoms with van der Waals surface area (Å²) >= 11 is 0. The van der Waals surface area contributed by atoms with Gasteiger partial charge in [0.25, 0.3) is 12.1 Å². The highest BCUT2D eigenvalue weighted by Crippen LogP contribution is 2.35. The number of piperidine rings is 1. The highest BCUT2D eigenvalue weighted by atomic mass is 19.4. The molecule has 23 heavy (non-hydrogen) atoms.